The summed E-state index contributed by atoms with van der Waals surface area (Å²) in [6, 6.07) is 7.95. The minimum Gasteiger partial charge on any atom is -0.377 e. The lowest BCUT2D eigenvalue weighted by Gasteiger charge is -2.52. The minimum absolute atomic E-state index is 0.146. The van der Waals surface area contributed by atoms with Crippen LogP contribution in [0.3, 0.4) is 0 Å². The van der Waals surface area contributed by atoms with E-state index in [4.69, 9.17) is 15.7 Å². The largest absolute Gasteiger partial charge is 0.377 e. The summed E-state index contributed by atoms with van der Waals surface area (Å²) in [5.41, 5.74) is 7.83. The van der Waals surface area contributed by atoms with Gasteiger partial charge in [0.1, 0.15) is 0 Å². The Bertz CT molecular complexity index is 528. The second-order valence-corrected chi connectivity index (χ2v) is 6.05. The van der Waals surface area contributed by atoms with Crippen molar-refractivity contribution >= 4 is 21.6 Å². The maximum atomic E-state index is 8.86. The molecule has 1 saturated carbocycles. The first-order valence-electron chi connectivity index (χ1n) is 6.54. The van der Waals surface area contributed by atoms with Crippen molar-refractivity contribution in [3.63, 3.8) is 0 Å². The van der Waals surface area contributed by atoms with Crippen molar-refractivity contribution < 1.29 is 4.74 Å². The lowest BCUT2D eigenvalue weighted by molar-refractivity contribution is -0.104. The normalized spacial score (nSPS) is 32.9. The first-order chi connectivity index (χ1) is 9.20. The van der Waals surface area contributed by atoms with Crippen LogP contribution < -0.4 is 11.1 Å². The SMILES string of the molecule is N#Cc1ccc(NC2C(N)C3CCCOC32)c(Br)c1. The number of fused-ring (bicyclic) bond motifs is 1. The summed E-state index contributed by atoms with van der Waals surface area (Å²) in [6.07, 6.45) is 2.51. The van der Waals surface area contributed by atoms with Gasteiger partial charge in [0.2, 0.25) is 0 Å². The number of nitrogens with zero attached hydrogens (tertiary/aromatic N) is 1. The molecule has 4 atom stereocenters. The van der Waals surface area contributed by atoms with Gasteiger partial charge < -0.3 is 15.8 Å². The van der Waals surface area contributed by atoms with E-state index in [1.165, 1.54) is 6.42 Å². The first kappa shape index (κ1) is 12.9. The lowest BCUT2D eigenvalue weighted by atomic mass is 9.68. The van der Waals surface area contributed by atoms with Crippen molar-refractivity contribution in [1.29, 1.82) is 5.26 Å². The number of anilines is 1. The van der Waals surface area contributed by atoms with Gasteiger partial charge in [-0.05, 0) is 47.0 Å². The highest BCUT2D eigenvalue weighted by molar-refractivity contribution is 9.10. The molecule has 19 heavy (non-hydrogen) atoms. The zero-order valence-corrected chi connectivity index (χ0v) is 12.1. The highest BCUT2D eigenvalue weighted by atomic mass is 79.9. The van der Waals surface area contributed by atoms with Crippen LogP contribution in [0.25, 0.3) is 0 Å². The molecule has 1 aliphatic heterocycles. The van der Waals surface area contributed by atoms with Crippen LogP contribution in [0.4, 0.5) is 5.69 Å². The Morgan fingerprint density at radius 3 is 3.05 bits per heavy atom. The molecule has 1 heterocycles. The van der Waals surface area contributed by atoms with Crippen LogP contribution in [-0.4, -0.2) is 24.8 Å². The summed E-state index contributed by atoms with van der Waals surface area (Å²) in [5.74, 6) is 0.489. The molecule has 4 unspecified atom stereocenters. The van der Waals surface area contributed by atoms with Gasteiger partial charge >= 0.3 is 0 Å². The van der Waals surface area contributed by atoms with Gasteiger partial charge in [0, 0.05) is 28.7 Å². The van der Waals surface area contributed by atoms with Gasteiger partial charge in [0.05, 0.1) is 23.8 Å². The standard InChI is InChI=1S/C14H16BrN3O/c15-10-6-8(7-16)3-4-11(10)18-13-12(17)9-2-1-5-19-14(9)13/h3-4,6,9,12-14,18H,1-2,5,17H2. The van der Waals surface area contributed by atoms with Gasteiger partial charge in [0.15, 0.2) is 0 Å². The van der Waals surface area contributed by atoms with Crippen molar-refractivity contribution in [2.75, 3.05) is 11.9 Å². The second kappa shape index (κ2) is 5.12. The number of nitrogens with one attached hydrogen (secondary N) is 1. The molecule has 2 aliphatic rings. The summed E-state index contributed by atoms with van der Waals surface area (Å²) in [4.78, 5) is 0. The van der Waals surface area contributed by atoms with Gasteiger partial charge in [-0.3, -0.25) is 0 Å². The zero-order chi connectivity index (χ0) is 13.4. The smallest absolute Gasteiger partial charge is 0.0992 e. The van der Waals surface area contributed by atoms with E-state index in [2.05, 4.69) is 27.3 Å². The number of hydrogen-bond acceptors (Lipinski definition) is 4. The fraction of sp³-hybridized carbons (Fsp3) is 0.500. The highest BCUT2D eigenvalue weighted by Gasteiger charge is 2.50. The number of ether oxygens (including phenoxy) is 1. The van der Waals surface area contributed by atoms with Crippen molar-refractivity contribution in [1.82, 2.24) is 0 Å². The molecule has 0 amide bonds. The van der Waals surface area contributed by atoms with Crippen LogP contribution in [0.1, 0.15) is 18.4 Å². The molecule has 0 radical (unpaired) electrons. The Morgan fingerprint density at radius 1 is 1.47 bits per heavy atom. The Labute approximate surface area is 121 Å². The van der Waals surface area contributed by atoms with Crippen molar-refractivity contribution in [2.24, 2.45) is 11.7 Å². The third kappa shape index (κ3) is 2.25. The molecule has 0 bridgehead atoms. The van der Waals surface area contributed by atoms with Crippen LogP contribution in [0, 0.1) is 17.2 Å². The summed E-state index contributed by atoms with van der Waals surface area (Å²) in [7, 11) is 0. The number of rotatable bonds is 2. The van der Waals surface area contributed by atoms with Crippen LogP contribution in [0.2, 0.25) is 0 Å². The average molecular weight is 322 g/mol. The summed E-state index contributed by atoms with van der Waals surface area (Å²) in [6.45, 7) is 0.834. The zero-order valence-electron chi connectivity index (χ0n) is 10.5. The molecule has 3 rings (SSSR count). The molecular weight excluding hydrogens is 306 g/mol. The minimum atomic E-state index is 0.146. The second-order valence-electron chi connectivity index (χ2n) is 5.20. The van der Waals surface area contributed by atoms with Crippen molar-refractivity contribution in [3.8, 4) is 6.07 Å². The molecule has 1 saturated heterocycles. The molecule has 1 aromatic rings. The first-order valence-corrected chi connectivity index (χ1v) is 7.33. The van der Waals surface area contributed by atoms with Crippen LogP contribution in [0.5, 0.6) is 0 Å². The van der Waals surface area contributed by atoms with E-state index in [0.29, 0.717) is 11.5 Å². The van der Waals surface area contributed by atoms with Crippen LogP contribution >= 0.6 is 15.9 Å². The number of nitriles is 1. The number of halogens is 1. The molecule has 5 heteroatoms. The number of hydrogen-bond donors (Lipinski definition) is 2. The molecule has 1 aliphatic carbocycles. The molecule has 0 aromatic heterocycles. The third-order valence-corrected chi connectivity index (χ3v) is 4.75. The fourth-order valence-corrected chi connectivity index (χ4v) is 3.50. The van der Waals surface area contributed by atoms with E-state index in [1.54, 1.807) is 6.07 Å². The number of benzene rings is 1. The summed E-state index contributed by atoms with van der Waals surface area (Å²) in [5, 5.41) is 12.3. The van der Waals surface area contributed by atoms with Gasteiger partial charge in [-0.2, -0.15) is 5.26 Å². The molecule has 4 nitrogen and oxygen atoms in total. The lowest BCUT2D eigenvalue weighted by Crippen LogP contribution is -2.69. The predicted octanol–water partition coefficient (Wildman–Crippen LogP) is 2.24. The van der Waals surface area contributed by atoms with E-state index in [-0.39, 0.29) is 18.2 Å². The maximum Gasteiger partial charge on any atom is 0.0992 e. The van der Waals surface area contributed by atoms with E-state index >= 15 is 0 Å². The van der Waals surface area contributed by atoms with Gasteiger partial charge in [-0.25, -0.2) is 0 Å². The molecule has 1 aromatic carbocycles. The molecular formula is C14H16BrN3O. The van der Waals surface area contributed by atoms with E-state index in [0.717, 1.165) is 23.2 Å². The van der Waals surface area contributed by atoms with Crippen molar-refractivity contribution in [2.45, 2.75) is 31.0 Å². The van der Waals surface area contributed by atoms with Crippen molar-refractivity contribution in [3.05, 3.63) is 28.2 Å². The highest BCUT2D eigenvalue weighted by Crippen LogP contribution is 2.39. The molecule has 3 N–H and O–H groups in total. The Hall–Kier alpha value is -1.09. The van der Waals surface area contributed by atoms with Gasteiger partial charge in [-0.1, -0.05) is 0 Å². The summed E-state index contributed by atoms with van der Waals surface area (Å²) >= 11 is 3.48. The Morgan fingerprint density at radius 2 is 2.32 bits per heavy atom. The third-order valence-electron chi connectivity index (χ3n) is 4.10. The Kier molecular flexibility index (Phi) is 3.48. The Balaban J connectivity index is 1.73. The van der Waals surface area contributed by atoms with Crippen LogP contribution in [0.15, 0.2) is 22.7 Å². The van der Waals surface area contributed by atoms with E-state index in [9.17, 15) is 0 Å². The van der Waals surface area contributed by atoms with E-state index in [1.807, 2.05) is 12.1 Å². The quantitative estimate of drug-likeness (QED) is 0.876. The van der Waals surface area contributed by atoms with Gasteiger partial charge in [-0.15, -0.1) is 0 Å². The molecule has 0 spiro atoms. The molecule has 100 valence electrons. The summed E-state index contributed by atoms with van der Waals surface area (Å²) < 4.78 is 6.69. The fourth-order valence-electron chi connectivity index (χ4n) is 3.01. The average Bonchev–Trinajstić information content (AvgIpc) is 2.45. The van der Waals surface area contributed by atoms with E-state index < -0.39 is 0 Å². The maximum absolute atomic E-state index is 8.86. The monoisotopic (exact) mass is 321 g/mol. The van der Waals surface area contributed by atoms with Crippen LogP contribution in [-0.2, 0) is 4.74 Å². The van der Waals surface area contributed by atoms with Gasteiger partial charge in [0.25, 0.3) is 0 Å². The predicted molar refractivity (Wildman–Crippen MR) is 76.7 cm³/mol. The molecule has 2 fully saturated rings. The topological polar surface area (TPSA) is 71.1 Å². The number of nitrogens with two attached hydrogens (primary N) is 1.